The van der Waals surface area contributed by atoms with Crippen LogP contribution in [0.3, 0.4) is 0 Å². The fourth-order valence-corrected chi connectivity index (χ4v) is 3.36. The minimum atomic E-state index is 0.622. The Morgan fingerprint density at radius 1 is 1.05 bits per heavy atom. The fourth-order valence-electron chi connectivity index (χ4n) is 3.36. The normalized spacial score (nSPS) is 22.7. The molecule has 0 spiro atoms. The number of rotatable bonds is 7. The second-order valence-corrected chi connectivity index (χ2v) is 6.86. The van der Waals surface area contributed by atoms with Gasteiger partial charge in [-0.25, -0.2) is 0 Å². The van der Waals surface area contributed by atoms with E-state index in [0.717, 1.165) is 30.7 Å². The van der Waals surface area contributed by atoms with Gasteiger partial charge in [0.2, 0.25) is 0 Å². The highest BCUT2D eigenvalue weighted by Crippen LogP contribution is 2.21. The van der Waals surface area contributed by atoms with Crippen LogP contribution in [0.2, 0.25) is 0 Å². The molecule has 1 aliphatic rings. The van der Waals surface area contributed by atoms with Crippen LogP contribution in [0.25, 0.3) is 0 Å². The van der Waals surface area contributed by atoms with E-state index in [1.165, 1.54) is 30.6 Å². The minimum Gasteiger partial charge on any atom is -0.491 e. The standard InChI is InChI=1S/C19H31NO2/c1-15-12-16(2)14-20(13-15)8-9-21-10-11-22-19-7-5-6-17(3)18(19)4/h5-7,15-16H,8-14H2,1-4H3/t15-,16+. The number of hydrogen-bond donors (Lipinski definition) is 0. The molecule has 0 bridgehead atoms. The number of piperidine rings is 1. The number of ether oxygens (including phenoxy) is 2. The molecule has 2 atom stereocenters. The van der Waals surface area contributed by atoms with Gasteiger partial charge >= 0.3 is 0 Å². The molecule has 0 unspecified atom stereocenters. The van der Waals surface area contributed by atoms with Crippen molar-refractivity contribution < 1.29 is 9.47 Å². The van der Waals surface area contributed by atoms with Crippen LogP contribution in [0.1, 0.15) is 31.4 Å². The monoisotopic (exact) mass is 305 g/mol. The molecule has 2 rings (SSSR count). The number of benzene rings is 1. The van der Waals surface area contributed by atoms with Crippen LogP contribution in [0.4, 0.5) is 0 Å². The quantitative estimate of drug-likeness (QED) is 0.717. The molecular weight excluding hydrogens is 274 g/mol. The Hall–Kier alpha value is -1.06. The summed E-state index contributed by atoms with van der Waals surface area (Å²) in [4.78, 5) is 2.53. The van der Waals surface area contributed by atoms with Gasteiger partial charge in [0.1, 0.15) is 12.4 Å². The molecule has 1 aromatic rings. The minimum absolute atomic E-state index is 0.622. The third kappa shape index (κ3) is 5.29. The van der Waals surface area contributed by atoms with Crippen molar-refractivity contribution in [1.82, 2.24) is 4.90 Å². The van der Waals surface area contributed by atoms with Gasteiger partial charge in [-0.15, -0.1) is 0 Å². The van der Waals surface area contributed by atoms with E-state index in [9.17, 15) is 0 Å². The van der Waals surface area contributed by atoms with E-state index in [4.69, 9.17) is 9.47 Å². The number of likely N-dealkylation sites (tertiary alicyclic amines) is 1. The van der Waals surface area contributed by atoms with Crippen LogP contribution in [-0.4, -0.2) is 44.4 Å². The molecular formula is C19H31NO2. The summed E-state index contributed by atoms with van der Waals surface area (Å²) in [5.74, 6) is 2.61. The molecule has 0 radical (unpaired) electrons. The lowest BCUT2D eigenvalue weighted by atomic mass is 9.92. The third-order valence-corrected chi connectivity index (χ3v) is 4.54. The Balaban J connectivity index is 1.59. The summed E-state index contributed by atoms with van der Waals surface area (Å²) in [6, 6.07) is 6.18. The lowest BCUT2D eigenvalue weighted by Crippen LogP contribution is -2.40. The topological polar surface area (TPSA) is 21.7 Å². The van der Waals surface area contributed by atoms with Gasteiger partial charge in [-0.2, -0.15) is 0 Å². The van der Waals surface area contributed by atoms with E-state index >= 15 is 0 Å². The second kappa shape index (κ2) is 8.54. The maximum Gasteiger partial charge on any atom is 0.122 e. The number of nitrogens with zero attached hydrogens (tertiary/aromatic N) is 1. The smallest absolute Gasteiger partial charge is 0.122 e. The van der Waals surface area contributed by atoms with Gasteiger partial charge in [0.25, 0.3) is 0 Å². The van der Waals surface area contributed by atoms with Crippen LogP contribution in [0.15, 0.2) is 18.2 Å². The predicted octanol–water partition coefficient (Wildman–Crippen LogP) is 3.68. The first-order chi connectivity index (χ1) is 10.6. The molecule has 0 saturated carbocycles. The maximum absolute atomic E-state index is 5.81. The van der Waals surface area contributed by atoms with Gasteiger partial charge in [0.05, 0.1) is 13.2 Å². The van der Waals surface area contributed by atoms with Gasteiger partial charge in [0.15, 0.2) is 0 Å². The van der Waals surface area contributed by atoms with Gasteiger partial charge in [0, 0.05) is 19.6 Å². The van der Waals surface area contributed by atoms with Crippen molar-refractivity contribution in [2.24, 2.45) is 11.8 Å². The average molecular weight is 305 g/mol. The van der Waals surface area contributed by atoms with Gasteiger partial charge in [-0.05, 0) is 49.3 Å². The van der Waals surface area contributed by atoms with E-state index in [0.29, 0.717) is 13.2 Å². The highest BCUT2D eigenvalue weighted by atomic mass is 16.5. The Morgan fingerprint density at radius 3 is 2.50 bits per heavy atom. The van der Waals surface area contributed by atoms with Crippen LogP contribution in [-0.2, 0) is 4.74 Å². The Bertz CT molecular complexity index is 451. The molecule has 0 amide bonds. The molecule has 22 heavy (non-hydrogen) atoms. The molecule has 1 aromatic carbocycles. The van der Waals surface area contributed by atoms with E-state index in [1.54, 1.807) is 0 Å². The summed E-state index contributed by atoms with van der Waals surface area (Å²) < 4.78 is 11.5. The Morgan fingerprint density at radius 2 is 1.77 bits per heavy atom. The Kier molecular flexibility index (Phi) is 6.71. The zero-order valence-corrected chi connectivity index (χ0v) is 14.6. The average Bonchev–Trinajstić information content (AvgIpc) is 2.46. The molecule has 0 N–H and O–H groups in total. The van der Waals surface area contributed by atoms with Crippen LogP contribution in [0, 0.1) is 25.7 Å². The molecule has 0 aliphatic carbocycles. The van der Waals surface area contributed by atoms with Crippen molar-refractivity contribution in [2.75, 3.05) is 39.5 Å². The summed E-state index contributed by atoms with van der Waals surface area (Å²) in [5, 5.41) is 0. The van der Waals surface area contributed by atoms with Crippen molar-refractivity contribution in [3.63, 3.8) is 0 Å². The van der Waals surface area contributed by atoms with Crippen molar-refractivity contribution in [1.29, 1.82) is 0 Å². The highest BCUT2D eigenvalue weighted by Gasteiger charge is 2.21. The molecule has 1 aliphatic heterocycles. The van der Waals surface area contributed by atoms with Gasteiger partial charge in [-0.3, -0.25) is 0 Å². The first-order valence-electron chi connectivity index (χ1n) is 8.55. The summed E-state index contributed by atoms with van der Waals surface area (Å²) in [5.41, 5.74) is 2.49. The number of aryl methyl sites for hydroxylation is 1. The summed E-state index contributed by atoms with van der Waals surface area (Å²) in [6.45, 7) is 14.5. The molecule has 1 saturated heterocycles. The molecule has 124 valence electrons. The van der Waals surface area contributed by atoms with Crippen LogP contribution in [0.5, 0.6) is 5.75 Å². The summed E-state index contributed by atoms with van der Waals surface area (Å²) in [7, 11) is 0. The van der Waals surface area contributed by atoms with Gasteiger partial charge < -0.3 is 14.4 Å². The summed E-state index contributed by atoms with van der Waals surface area (Å²) in [6.07, 6.45) is 1.36. The molecule has 3 heteroatoms. The van der Waals surface area contributed by atoms with E-state index in [1.807, 2.05) is 12.1 Å². The van der Waals surface area contributed by atoms with Crippen molar-refractivity contribution >= 4 is 0 Å². The fraction of sp³-hybridized carbons (Fsp3) is 0.684. The zero-order valence-electron chi connectivity index (χ0n) is 14.6. The zero-order chi connectivity index (χ0) is 15.9. The first kappa shape index (κ1) is 17.3. The Labute approximate surface area is 135 Å². The number of hydrogen-bond acceptors (Lipinski definition) is 3. The van der Waals surface area contributed by atoms with Crippen LogP contribution >= 0.6 is 0 Å². The first-order valence-corrected chi connectivity index (χ1v) is 8.55. The lowest BCUT2D eigenvalue weighted by Gasteiger charge is -2.34. The van der Waals surface area contributed by atoms with Gasteiger partial charge in [-0.1, -0.05) is 26.0 Å². The highest BCUT2D eigenvalue weighted by molar-refractivity contribution is 5.38. The second-order valence-electron chi connectivity index (χ2n) is 6.86. The SMILES string of the molecule is Cc1cccc(OCCOCCN2C[C@H](C)C[C@H](C)C2)c1C. The van der Waals surface area contributed by atoms with Crippen molar-refractivity contribution in [2.45, 2.75) is 34.1 Å². The van der Waals surface area contributed by atoms with Crippen molar-refractivity contribution in [3.8, 4) is 5.75 Å². The van der Waals surface area contributed by atoms with E-state index < -0.39 is 0 Å². The largest absolute Gasteiger partial charge is 0.491 e. The molecule has 0 aromatic heterocycles. The van der Waals surface area contributed by atoms with E-state index in [2.05, 4.69) is 38.7 Å². The van der Waals surface area contributed by atoms with Crippen molar-refractivity contribution in [3.05, 3.63) is 29.3 Å². The molecule has 1 fully saturated rings. The van der Waals surface area contributed by atoms with Crippen LogP contribution < -0.4 is 4.74 Å². The lowest BCUT2D eigenvalue weighted by molar-refractivity contribution is 0.0594. The maximum atomic E-state index is 5.81. The summed E-state index contributed by atoms with van der Waals surface area (Å²) >= 11 is 0. The molecule has 1 heterocycles. The molecule has 3 nitrogen and oxygen atoms in total. The van der Waals surface area contributed by atoms with E-state index in [-0.39, 0.29) is 0 Å². The third-order valence-electron chi connectivity index (χ3n) is 4.54. The predicted molar refractivity (Wildman–Crippen MR) is 91.6 cm³/mol.